The van der Waals surface area contributed by atoms with E-state index in [2.05, 4.69) is 5.32 Å². The highest BCUT2D eigenvalue weighted by molar-refractivity contribution is 6.35. The Labute approximate surface area is 174 Å². The molecule has 2 aromatic carbocycles. The molecule has 0 saturated carbocycles. The molecule has 27 heavy (non-hydrogen) atoms. The Hall–Kier alpha value is -1.66. The van der Waals surface area contributed by atoms with E-state index < -0.39 is 0 Å². The fourth-order valence-corrected chi connectivity index (χ4v) is 3.23. The van der Waals surface area contributed by atoms with Gasteiger partial charge in [0.15, 0.2) is 11.5 Å². The van der Waals surface area contributed by atoms with E-state index in [0.29, 0.717) is 40.2 Å². The zero-order chi connectivity index (χ0) is 18.5. The molecule has 1 aliphatic heterocycles. The monoisotopic (exact) mass is 430 g/mol. The minimum Gasteiger partial charge on any atom is -0.493 e. The number of nitrogens with zero attached hydrogens (tertiary/aromatic N) is 1. The molecule has 3 rings (SSSR count). The maximum Gasteiger partial charge on any atom is 0.254 e. The molecule has 0 bridgehead atoms. The van der Waals surface area contributed by atoms with E-state index in [4.69, 9.17) is 32.7 Å². The molecule has 0 unspecified atom stereocenters. The lowest BCUT2D eigenvalue weighted by Crippen LogP contribution is -2.46. The molecule has 1 saturated heterocycles. The van der Waals surface area contributed by atoms with Gasteiger partial charge in [0.1, 0.15) is 6.61 Å². The number of nitrogens with one attached hydrogen (secondary N) is 1. The minimum absolute atomic E-state index is 0. The van der Waals surface area contributed by atoms with Crippen LogP contribution in [-0.2, 0) is 6.61 Å². The van der Waals surface area contributed by atoms with Crippen molar-refractivity contribution in [3.63, 3.8) is 0 Å². The van der Waals surface area contributed by atoms with Crippen LogP contribution in [0.15, 0.2) is 36.4 Å². The van der Waals surface area contributed by atoms with E-state index in [1.165, 1.54) is 0 Å². The molecule has 1 aliphatic rings. The summed E-state index contributed by atoms with van der Waals surface area (Å²) in [5.41, 5.74) is 1.40. The predicted octanol–water partition coefficient (Wildman–Crippen LogP) is 4.05. The van der Waals surface area contributed by atoms with E-state index in [-0.39, 0.29) is 24.9 Å². The maximum absolute atomic E-state index is 12.6. The van der Waals surface area contributed by atoms with Gasteiger partial charge in [-0.2, -0.15) is 0 Å². The lowest BCUT2D eigenvalue weighted by Gasteiger charge is -2.27. The SMILES string of the molecule is COc1cc(C(=O)N2CCNCC2)ccc1OCc1ccc(Cl)cc1Cl.Cl. The van der Waals surface area contributed by atoms with Crippen LogP contribution in [0.5, 0.6) is 11.5 Å². The molecule has 2 aromatic rings. The van der Waals surface area contributed by atoms with Crippen molar-refractivity contribution < 1.29 is 14.3 Å². The lowest BCUT2D eigenvalue weighted by atomic mass is 10.1. The van der Waals surface area contributed by atoms with Crippen LogP contribution in [0.4, 0.5) is 0 Å². The Morgan fingerprint density at radius 2 is 1.85 bits per heavy atom. The first kappa shape index (κ1) is 21.6. The normalized spacial score (nSPS) is 13.7. The van der Waals surface area contributed by atoms with Crippen LogP contribution < -0.4 is 14.8 Å². The first-order valence-corrected chi connectivity index (χ1v) is 9.09. The van der Waals surface area contributed by atoms with Crippen LogP contribution in [0.3, 0.4) is 0 Å². The minimum atomic E-state index is -0.00269. The summed E-state index contributed by atoms with van der Waals surface area (Å²) < 4.78 is 11.2. The average Bonchev–Trinajstić information content (AvgIpc) is 2.67. The fraction of sp³-hybridized carbons (Fsp3) is 0.316. The van der Waals surface area contributed by atoms with E-state index in [1.54, 1.807) is 37.4 Å². The molecule has 1 amide bonds. The summed E-state index contributed by atoms with van der Waals surface area (Å²) in [4.78, 5) is 14.4. The number of carbonyl (C=O) groups excluding carboxylic acids is 1. The number of piperazine rings is 1. The lowest BCUT2D eigenvalue weighted by molar-refractivity contribution is 0.0735. The third-order valence-electron chi connectivity index (χ3n) is 4.21. The molecule has 146 valence electrons. The number of carbonyl (C=O) groups is 1. The van der Waals surface area contributed by atoms with Crippen molar-refractivity contribution in [2.24, 2.45) is 0 Å². The van der Waals surface area contributed by atoms with Gasteiger partial charge in [0.25, 0.3) is 5.91 Å². The number of ether oxygens (including phenoxy) is 2. The molecule has 1 N–H and O–H groups in total. The second-order valence-electron chi connectivity index (χ2n) is 5.93. The van der Waals surface area contributed by atoms with E-state index in [1.807, 2.05) is 11.0 Å². The quantitative estimate of drug-likeness (QED) is 0.776. The molecular formula is C19H21Cl3N2O3. The first-order chi connectivity index (χ1) is 12.6. The predicted molar refractivity (Wildman–Crippen MR) is 110 cm³/mol. The Morgan fingerprint density at radius 1 is 1.11 bits per heavy atom. The summed E-state index contributed by atoms with van der Waals surface area (Å²) >= 11 is 12.1. The van der Waals surface area contributed by atoms with Crippen molar-refractivity contribution >= 4 is 41.5 Å². The number of amides is 1. The molecule has 0 aliphatic carbocycles. The summed E-state index contributed by atoms with van der Waals surface area (Å²) in [5.74, 6) is 1.06. The Kier molecular flexibility index (Phi) is 8.05. The van der Waals surface area contributed by atoms with Gasteiger partial charge < -0.3 is 19.7 Å². The van der Waals surface area contributed by atoms with Crippen molar-refractivity contribution in [2.45, 2.75) is 6.61 Å². The first-order valence-electron chi connectivity index (χ1n) is 8.33. The second-order valence-corrected chi connectivity index (χ2v) is 6.78. The molecule has 0 aromatic heterocycles. The summed E-state index contributed by atoms with van der Waals surface area (Å²) in [5, 5.41) is 4.35. The zero-order valence-electron chi connectivity index (χ0n) is 14.8. The second kappa shape index (κ2) is 10.0. The fourth-order valence-electron chi connectivity index (χ4n) is 2.76. The molecule has 8 heteroatoms. The van der Waals surface area contributed by atoms with Gasteiger partial charge in [0, 0.05) is 47.4 Å². The zero-order valence-corrected chi connectivity index (χ0v) is 17.2. The summed E-state index contributed by atoms with van der Waals surface area (Å²) in [7, 11) is 1.55. The summed E-state index contributed by atoms with van der Waals surface area (Å²) in [6, 6.07) is 10.5. The topological polar surface area (TPSA) is 50.8 Å². The van der Waals surface area contributed by atoms with Gasteiger partial charge in [-0.15, -0.1) is 12.4 Å². The number of hydrogen-bond donors (Lipinski definition) is 1. The molecular weight excluding hydrogens is 411 g/mol. The van der Waals surface area contributed by atoms with Gasteiger partial charge in [-0.25, -0.2) is 0 Å². The van der Waals surface area contributed by atoms with Gasteiger partial charge in [0.05, 0.1) is 7.11 Å². The van der Waals surface area contributed by atoms with Crippen LogP contribution >= 0.6 is 35.6 Å². The number of halogens is 3. The number of rotatable bonds is 5. The highest BCUT2D eigenvalue weighted by atomic mass is 35.5. The Morgan fingerprint density at radius 3 is 2.52 bits per heavy atom. The third-order valence-corrected chi connectivity index (χ3v) is 4.80. The highest BCUT2D eigenvalue weighted by Crippen LogP contribution is 2.30. The number of benzene rings is 2. The van der Waals surface area contributed by atoms with Gasteiger partial charge in [-0.1, -0.05) is 29.3 Å². The summed E-state index contributed by atoms with van der Waals surface area (Å²) in [6.45, 7) is 3.30. The van der Waals surface area contributed by atoms with Crippen LogP contribution in [0.25, 0.3) is 0 Å². The highest BCUT2D eigenvalue weighted by Gasteiger charge is 2.19. The standard InChI is InChI=1S/C19H20Cl2N2O3.ClH/c1-25-18-10-13(19(24)23-8-6-22-7-9-23)3-5-17(18)26-12-14-2-4-15(20)11-16(14)21;/h2-5,10-11,22H,6-9,12H2,1H3;1H. The Balaban J connectivity index is 0.00000261. The summed E-state index contributed by atoms with van der Waals surface area (Å²) in [6.07, 6.45) is 0. The van der Waals surface area contributed by atoms with E-state index >= 15 is 0 Å². The Bertz CT molecular complexity index is 796. The van der Waals surface area contributed by atoms with Gasteiger partial charge >= 0.3 is 0 Å². The van der Waals surface area contributed by atoms with Crippen molar-refractivity contribution in [1.82, 2.24) is 10.2 Å². The van der Waals surface area contributed by atoms with Crippen molar-refractivity contribution in [3.05, 3.63) is 57.6 Å². The molecule has 1 fully saturated rings. The molecule has 1 heterocycles. The van der Waals surface area contributed by atoms with Crippen LogP contribution in [-0.4, -0.2) is 44.1 Å². The van der Waals surface area contributed by atoms with Crippen molar-refractivity contribution in [1.29, 1.82) is 0 Å². The van der Waals surface area contributed by atoms with Crippen molar-refractivity contribution in [3.8, 4) is 11.5 Å². The van der Waals surface area contributed by atoms with Crippen LogP contribution in [0.2, 0.25) is 10.0 Å². The van der Waals surface area contributed by atoms with E-state index in [0.717, 1.165) is 18.7 Å². The molecule has 0 radical (unpaired) electrons. The number of methoxy groups -OCH3 is 1. The maximum atomic E-state index is 12.6. The van der Waals surface area contributed by atoms with E-state index in [9.17, 15) is 4.79 Å². The number of hydrogen-bond acceptors (Lipinski definition) is 4. The van der Waals surface area contributed by atoms with Crippen LogP contribution in [0.1, 0.15) is 15.9 Å². The largest absolute Gasteiger partial charge is 0.493 e. The molecule has 0 spiro atoms. The van der Waals surface area contributed by atoms with Gasteiger partial charge in [0.2, 0.25) is 0 Å². The molecule has 5 nitrogen and oxygen atoms in total. The molecule has 0 atom stereocenters. The van der Waals surface area contributed by atoms with Crippen molar-refractivity contribution in [2.75, 3.05) is 33.3 Å². The van der Waals surface area contributed by atoms with Gasteiger partial charge in [-0.05, 0) is 30.3 Å². The third kappa shape index (κ3) is 5.42. The van der Waals surface area contributed by atoms with Crippen LogP contribution in [0, 0.1) is 0 Å². The smallest absolute Gasteiger partial charge is 0.254 e. The average molecular weight is 432 g/mol. The van der Waals surface area contributed by atoms with Gasteiger partial charge in [-0.3, -0.25) is 4.79 Å².